The van der Waals surface area contributed by atoms with E-state index in [1.807, 2.05) is 56.0 Å². The summed E-state index contributed by atoms with van der Waals surface area (Å²) in [6.45, 7) is 8.47. The van der Waals surface area contributed by atoms with Crippen LogP contribution >= 0.6 is 0 Å². The lowest BCUT2D eigenvalue weighted by molar-refractivity contribution is 0.0696. The molecule has 0 bridgehead atoms. The summed E-state index contributed by atoms with van der Waals surface area (Å²) in [7, 11) is -3.78. The number of nitrogens with zero attached hydrogens (tertiary/aromatic N) is 3. The summed E-state index contributed by atoms with van der Waals surface area (Å²) < 4.78 is 35.6. The second-order valence-corrected chi connectivity index (χ2v) is 12.2. The molecule has 0 aliphatic carbocycles. The minimum Gasteiger partial charge on any atom is -0.487 e. The van der Waals surface area contributed by atoms with Crippen molar-refractivity contribution < 1.29 is 17.9 Å². The number of hydrogen-bond acceptors (Lipinski definition) is 6. The predicted octanol–water partition coefficient (Wildman–Crippen LogP) is 4.19. The zero-order chi connectivity index (χ0) is 26.9. The molecule has 38 heavy (non-hydrogen) atoms. The third-order valence-electron chi connectivity index (χ3n) is 7.19. The molecule has 0 radical (unpaired) electrons. The van der Waals surface area contributed by atoms with Crippen LogP contribution in [0.3, 0.4) is 0 Å². The molecule has 2 aliphatic heterocycles. The van der Waals surface area contributed by atoms with Crippen molar-refractivity contribution in [3.05, 3.63) is 83.6 Å². The highest BCUT2D eigenvalue weighted by molar-refractivity contribution is 7.89. The first-order chi connectivity index (χ1) is 18.1. The van der Waals surface area contributed by atoms with Crippen LogP contribution in [0.25, 0.3) is 0 Å². The van der Waals surface area contributed by atoms with Crippen LogP contribution < -0.4 is 14.4 Å². The van der Waals surface area contributed by atoms with Gasteiger partial charge in [-0.15, -0.1) is 0 Å². The molecule has 1 saturated heterocycles. The van der Waals surface area contributed by atoms with E-state index in [4.69, 9.17) is 4.74 Å². The third-order valence-corrected chi connectivity index (χ3v) is 8.68. The number of piperazine rings is 1. The number of hydrogen-bond donors (Lipinski definition) is 1. The fourth-order valence-electron chi connectivity index (χ4n) is 5.11. The summed E-state index contributed by atoms with van der Waals surface area (Å²) >= 11 is 0. The number of aryl methyl sites for hydroxylation is 1. The fraction of sp³-hybridized carbons (Fsp3) is 0.379. The first kappa shape index (κ1) is 26.2. The lowest BCUT2D eigenvalue weighted by atomic mass is 9.89. The Labute approximate surface area is 224 Å². The van der Waals surface area contributed by atoms with Crippen molar-refractivity contribution in [3.63, 3.8) is 0 Å². The highest BCUT2D eigenvalue weighted by atomic mass is 32.2. The van der Waals surface area contributed by atoms with Crippen molar-refractivity contribution in [2.75, 3.05) is 31.1 Å². The number of rotatable bonds is 6. The first-order valence-corrected chi connectivity index (χ1v) is 14.5. The summed E-state index contributed by atoms with van der Waals surface area (Å²) in [4.78, 5) is 22.1. The van der Waals surface area contributed by atoms with Crippen LogP contribution in [0.15, 0.2) is 71.8 Å². The van der Waals surface area contributed by atoms with Crippen LogP contribution in [-0.4, -0.2) is 56.0 Å². The van der Waals surface area contributed by atoms with Gasteiger partial charge in [0.1, 0.15) is 17.2 Å². The zero-order valence-electron chi connectivity index (χ0n) is 22.1. The molecule has 0 spiro atoms. The SMILES string of the molecule is CCc1ccc(S(=O)(=O)N[C@H]2CC(C)(C)Oc3ccc(C(=O)N4CCN(c5ccccn5)CC4)cc32)cc1. The Morgan fingerprint density at radius 3 is 2.45 bits per heavy atom. The normalized spacial score (nSPS) is 19.0. The maximum atomic E-state index is 13.4. The molecule has 0 saturated carbocycles. The van der Waals surface area contributed by atoms with Gasteiger partial charge in [-0.05, 0) is 68.3 Å². The smallest absolute Gasteiger partial charge is 0.253 e. The molecule has 1 N–H and O–H groups in total. The summed E-state index contributed by atoms with van der Waals surface area (Å²) in [6.07, 6.45) is 3.05. The maximum absolute atomic E-state index is 13.4. The van der Waals surface area contributed by atoms with Crippen molar-refractivity contribution >= 4 is 21.7 Å². The maximum Gasteiger partial charge on any atom is 0.253 e. The number of fused-ring (bicyclic) bond motifs is 1. The van der Waals surface area contributed by atoms with E-state index in [-0.39, 0.29) is 10.8 Å². The minimum absolute atomic E-state index is 0.0740. The molecule has 0 unspecified atom stereocenters. The topological polar surface area (TPSA) is 91.8 Å². The summed E-state index contributed by atoms with van der Waals surface area (Å²) in [5, 5.41) is 0. The van der Waals surface area contributed by atoms with Crippen molar-refractivity contribution in [1.82, 2.24) is 14.6 Å². The Morgan fingerprint density at radius 2 is 1.79 bits per heavy atom. The van der Waals surface area contributed by atoms with E-state index < -0.39 is 21.7 Å². The van der Waals surface area contributed by atoms with Crippen LogP contribution in [0, 0.1) is 0 Å². The molecule has 2 aromatic carbocycles. The van der Waals surface area contributed by atoms with E-state index in [1.54, 1.807) is 36.5 Å². The molecule has 1 amide bonds. The molecule has 1 atom stereocenters. The molecule has 3 aromatic rings. The number of ether oxygens (including phenoxy) is 1. The largest absolute Gasteiger partial charge is 0.487 e. The lowest BCUT2D eigenvalue weighted by Gasteiger charge is -2.38. The highest BCUT2D eigenvalue weighted by Crippen LogP contribution is 2.41. The number of sulfonamides is 1. The number of carbonyl (C=O) groups excluding carboxylic acids is 1. The van der Waals surface area contributed by atoms with Gasteiger partial charge in [-0.1, -0.05) is 25.1 Å². The Morgan fingerprint density at radius 1 is 1.05 bits per heavy atom. The standard InChI is InChI=1S/C29H34N4O4S/c1-4-21-8-11-23(12-9-21)38(35,36)31-25-20-29(2,3)37-26-13-10-22(19-24(25)26)28(34)33-17-15-32(16-18-33)27-7-5-6-14-30-27/h5-14,19,25,31H,4,15-18,20H2,1-3H3/t25-/m0/s1. The second kappa shape index (κ2) is 10.4. The molecule has 200 valence electrons. The van der Waals surface area contributed by atoms with Crippen LogP contribution in [-0.2, 0) is 16.4 Å². The van der Waals surface area contributed by atoms with Gasteiger partial charge in [0.05, 0.1) is 10.9 Å². The number of nitrogens with one attached hydrogen (secondary N) is 1. The Bertz CT molecular complexity index is 1400. The molecular formula is C29H34N4O4S. The number of pyridine rings is 1. The number of aromatic nitrogens is 1. The van der Waals surface area contributed by atoms with Gasteiger partial charge in [0.15, 0.2) is 0 Å². The number of benzene rings is 2. The van der Waals surface area contributed by atoms with Gasteiger partial charge in [0.2, 0.25) is 10.0 Å². The van der Waals surface area contributed by atoms with Crippen molar-refractivity contribution in [1.29, 1.82) is 0 Å². The minimum atomic E-state index is -3.78. The van der Waals surface area contributed by atoms with Crippen LogP contribution in [0.5, 0.6) is 5.75 Å². The third kappa shape index (κ3) is 5.54. The van der Waals surface area contributed by atoms with Crippen LogP contribution in [0.4, 0.5) is 5.82 Å². The van der Waals surface area contributed by atoms with Gasteiger partial charge in [-0.2, -0.15) is 0 Å². The number of amides is 1. The molecule has 1 aromatic heterocycles. The van der Waals surface area contributed by atoms with Gasteiger partial charge in [-0.25, -0.2) is 18.1 Å². The molecule has 1 fully saturated rings. The number of carbonyl (C=O) groups is 1. The second-order valence-electron chi connectivity index (χ2n) is 10.5. The molecule has 9 heteroatoms. The van der Waals surface area contributed by atoms with Crippen LogP contribution in [0.2, 0.25) is 0 Å². The first-order valence-electron chi connectivity index (χ1n) is 13.0. The van der Waals surface area contributed by atoms with Crippen LogP contribution in [0.1, 0.15) is 54.7 Å². The van der Waals surface area contributed by atoms with Gasteiger partial charge in [-0.3, -0.25) is 4.79 Å². The Kier molecular flexibility index (Phi) is 7.15. The zero-order valence-corrected chi connectivity index (χ0v) is 22.9. The van der Waals surface area contributed by atoms with Gasteiger partial charge in [0.25, 0.3) is 5.91 Å². The van der Waals surface area contributed by atoms with Gasteiger partial charge in [0, 0.05) is 49.9 Å². The molecular weight excluding hydrogens is 500 g/mol. The molecule has 8 nitrogen and oxygen atoms in total. The van der Waals surface area contributed by atoms with E-state index in [2.05, 4.69) is 14.6 Å². The van der Waals surface area contributed by atoms with E-state index in [0.29, 0.717) is 49.5 Å². The monoisotopic (exact) mass is 534 g/mol. The lowest BCUT2D eigenvalue weighted by Crippen LogP contribution is -2.49. The highest BCUT2D eigenvalue weighted by Gasteiger charge is 2.37. The average molecular weight is 535 g/mol. The molecule has 2 aliphatic rings. The fourth-order valence-corrected chi connectivity index (χ4v) is 6.33. The van der Waals surface area contributed by atoms with Crippen molar-refractivity contribution in [2.45, 2.75) is 50.2 Å². The van der Waals surface area contributed by atoms with E-state index in [1.165, 1.54) is 0 Å². The summed E-state index contributed by atoms with van der Waals surface area (Å²) in [5.41, 5.74) is 1.70. The van der Waals surface area contributed by atoms with Crippen molar-refractivity contribution in [3.8, 4) is 5.75 Å². The molecule has 3 heterocycles. The molecule has 5 rings (SSSR count). The van der Waals surface area contributed by atoms with Gasteiger partial charge < -0.3 is 14.5 Å². The summed E-state index contributed by atoms with van der Waals surface area (Å²) in [5.74, 6) is 1.43. The average Bonchev–Trinajstić information content (AvgIpc) is 2.92. The Hall–Kier alpha value is -3.43. The van der Waals surface area contributed by atoms with Crippen molar-refractivity contribution in [2.24, 2.45) is 0 Å². The predicted molar refractivity (Wildman–Crippen MR) is 147 cm³/mol. The van der Waals surface area contributed by atoms with E-state index >= 15 is 0 Å². The number of anilines is 1. The Balaban J connectivity index is 1.36. The summed E-state index contributed by atoms with van der Waals surface area (Å²) in [6, 6.07) is 17.6. The van der Waals surface area contributed by atoms with E-state index in [9.17, 15) is 13.2 Å². The quantitative estimate of drug-likeness (QED) is 0.510. The van der Waals surface area contributed by atoms with Gasteiger partial charge >= 0.3 is 0 Å². The van der Waals surface area contributed by atoms with E-state index in [0.717, 1.165) is 17.8 Å².